The summed E-state index contributed by atoms with van der Waals surface area (Å²) in [5.74, 6) is 0.836. The molecular weight excluding hydrogens is 318 g/mol. The van der Waals surface area contributed by atoms with Crippen molar-refractivity contribution in [1.29, 1.82) is 0 Å². The number of benzene rings is 1. The minimum absolute atomic E-state index is 0.372. The van der Waals surface area contributed by atoms with Crippen molar-refractivity contribution in [2.75, 3.05) is 13.6 Å². The van der Waals surface area contributed by atoms with E-state index in [4.69, 9.17) is 5.73 Å². The van der Waals surface area contributed by atoms with Crippen LogP contribution in [0.2, 0.25) is 0 Å². The molecule has 1 aromatic carbocycles. The SMILES string of the molecule is CCCC(CCC)CNC1CC12CCc1ccc(C(C=NC)=CN)cc12. The van der Waals surface area contributed by atoms with Gasteiger partial charge in [0, 0.05) is 36.5 Å². The van der Waals surface area contributed by atoms with Gasteiger partial charge in [-0.1, -0.05) is 44.9 Å². The first-order valence-corrected chi connectivity index (χ1v) is 10.4. The highest BCUT2D eigenvalue weighted by Crippen LogP contribution is 2.57. The minimum atomic E-state index is 0.372. The summed E-state index contributed by atoms with van der Waals surface area (Å²) in [7, 11) is 1.79. The molecule has 2 aliphatic carbocycles. The van der Waals surface area contributed by atoms with Gasteiger partial charge in [0.15, 0.2) is 0 Å². The van der Waals surface area contributed by atoms with Crippen molar-refractivity contribution < 1.29 is 0 Å². The Balaban J connectivity index is 1.71. The van der Waals surface area contributed by atoms with Crippen LogP contribution in [0.4, 0.5) is 0 Å². The van der Waals surface area contributed by atoms with E-state index in [1.165, 1.54) is 62.6 Å². The van der Waals surface area contributed by atoms with Gasteiger partial charge in [-0.15, -0.1) is 0 Å². The minimum Gasteiger partial charge on any atom is -0.404 e. The van der Waals surface area contributed by atoms with E-state index in [1.54, 1.807) is 18.8 Å². The largest absolute Gasteiger partial charge is 0.404 e. The average molecular weight is 354 g/mol. The van der Waals surface area contributed by atoms with Crippen LogP contribution >= 0.6 is 0 Å². The second-order valence-electron chi connectivity index (χ2n) is 8.15. The number of hydrogen-bond acceptors (Lipinski definition) is 3. The summed E-state index contributed by atoms with van der Waals surface area (Å²) in [4.78, 5) is 4.14. The maximum Gasteiger partial charge on any atom is 0.0301 e. The molecule has 3 nitrogen and oxygen atoms in total. The molecule has 3 heteroatoms. The number of rotatable bonds is 9. The van der Waals surface area contributed by atoms with Crippen LogP contribution in [-0.2, 0) is 11.8 Å². The molecule has 2 atom stereocenters. The second-order valence-corrected chi connectivity index (χ2v) is 8.15. The van der Waals surface area contributed by atoms with Crippen molar-refractivity contribution in [3.63, 3.8) is 0 Å². The number of aryl methyl sites for hydroxylation is 1. The summed E-state index contributed by atoms with van der Waals surface area (Å²) in [6.45, 7) is 5.79. The number of aliphatic imine (C=N–C) groups is 1. The lowest BCUT2D eigenvalue weighted by Gasteiger charge is -2.18. The molecule has 0 radical (unpaired) electrons. The van der Waals surface area contributed by atoms with Gasteiger partial charge in [-0.3, -0.25) is 4.99 Å². The fourth-order valence-corrected chi connectivity index (χ4v) is 4.90. The van der Waals surface area contributed by atoms with E-state index in [1.807, 2.05) is 6.21 Å². The normalized spacial score (nSPS) is 24.8. The zero-order valence-electron chi connectivity index (χ0n) is 16.7. The van der Waals surface area contributed by atoms with Crippen LogP contribution in [0.5, 0.6) is 0 Å². The van der Waals surface area contributed by atoms with E-state index in [9.17, 15) is 0 Å². The van der Waals surface area contributed by atoms with E-state index in [-0.39, 0.29) is 0 Å². The van der Waals surface area contributed by atoms with Gasteiger partial charge in [0.1, 0.15) is 0 Å². The van der Waals surface area contributed by atoms with Gasteiger partial charge < -0.3 is 11.1 Å². The third kappa shape index (κ3) is 3.73. The number of hydrogen-bond donors (Lipinski definition) is 2. The van der Waals surface area contributed by atoms with Gasteiger partial charge in [0.05, 0.1) is 0 Å². The smallest absolute Gasteiger partial charge is 0.0301 e. The molecule has 1 fully saturated rings. The Morgan fingerprint density at radius 1 is 1.35 bits per heavy atom. The molecule has 0 aliphatic heterocycles. The molecule has 0 bridgehead atoms. The Labute approximate surface area is 159 Å². The molecule has 2 unspecified atom stereocenters. The topological polar surface area (TPSA) is 50.4 Å². The van der Waals surface area contributed by atoms with Crippen molar-refractivity contribution in [3.05, 3.63) is 41.1 Å². The number of nitrogens with one attached hydrogen (secondary N) is 1. The summed E-state index contributed by atoms with van der Waals surface area (Å²) in [5.41, 5.74) is 11.5. The Morgan fingerprint density at radius 2 is 2.12 bits per heavy atom. The van der Waals surface area contributed by atoms with E-state index < -0.39 is 0 Å². The monoisotopic (exact) mass is 353 g/mol. The van der Waals surface area contributed by atoms with Crippen LogP contribution < -0.4 is 11.1 Å². The van der Waals surface area contributed by atoms with Crippen molar-refractivity contribution in [1.82, 2.24) is 5.32 Å². The van der Waals surface area contributed by atoms with E-state index in [0.29, 0.717) is 11.5 Å². The van der Waals surface area contributed by atoms with E-state index >= 15 is 0 Å². The van der Waals surface area contributed by atoms with Gasteiger partial charge in [-0.05, 0) is 61.3 Å². The van der Waals surface area contributed by atoms with E-state index in [0.717, 1.165) is 11.5 Å². The van der Waals surface area contributed by atoms with Gasteiger partial charge in [-0.2, -0.15) is 0 Å². The molecule has 3 N–H and O–H groups in total. The summed E-state index contributed by atoms with van der Waals surface area (Å²) >= 11 is 0. The highest BCUT2D eigenvalue weighted by Gasteiger charge is 2.57. The first-order valence-electron chi connectivity index (χ1n) is 10.4. The average Bonchev–Trinajstić information content (AvgIpc) is 3.24. The molecule has 1 aromatic rings. The molecule has 26 heavy (non-hydrogen) atoms. The maximum atomic E-state index is 5.82. The molecule has 0 amide bonds. The lowest BCUT2D eigenvalue weighted by Crippen LogP contribution is -2.29. The molecule has 1 saturated carbocycles. The van der Waals surface area contributed by atoms with Crippen LogP contribution in [0.15, 0.2) is 29.4 Å². The van der Waals surface area contributed by atoms with Gasteiger partial charge >= 0.3 is 0 Å². The highest BCUT2D eigenvalue weighted by atomic mass is 15.0. The predicted molar refractivity (Wildman–Crippen MR) is 113 cm³/mol. The van der Waals surface area contributed by atoms with Crippen LogP contribution in [0, 0.1) is 5.92 Å². The number of nitrogens with zero attached hydrogens (tertiary/aromatic N) is 1. The summed E-state index contributed by atoms with van der Waals surface area (Å²) in [6, 6.07) is 7.53. The lowest BCUT2D eigenvalue weighted by atomic mass is 9.93. The third-order valence-electron chi connectivity index (χ3n) is 6.39. The van der Waals surface area contributed by atoms with Gasteiger partial charge in [-0.25, -0.2) is 0 Å². The molecule has 0 aromatic heterocycles. The first-order chi connectivity index (χ1) is 12.7. The standard InChI is InChI=1S/C23H35N3/c1-4-6-17(7-5-2)15-26-22-13-23(22)11-10-18-8-9-19(12-21(18)23)20(14-24)16-25-3/h8-9,12,14,16-17,22,26H,4-7,10-11,13,15,24H2,1-3H3. The molecule has 142 valence electrons. The number of nitrogens with two attached hydrogens (primary N) is 1. The molecule has 0 saturated heterocycles. The van der Waals surface area contributed by atoms with Gasteiger partial charge in [0.25, 0.3) is 0 Å². The summed E-state index contributed by atoms with van der Waals surface area (Å²) < 4.78 is 0. The Hall–Kier alpha value is -1.61. The van der Waals surface area contributed by atoms with Crippen molar-refractivity contribution in [3.8, 4) is 0 Å². The Morgan fingerprint density at radius 3 is 2.77 bits per heavy atom. The van der Waals surface area contributed by atoms with E-state index in [2.05, 4.69) is 42.4 Å². The maximum absolute atomic E-state index is 5.82. The zero-order chi connectivity index (χ0) is 18.6. The fourth-order valence-electron chi connectivity index (χ4n) is 4.90. The van der Waals surface area contributed by atoms with Crippen LogP contribution in [0.25, 0.3) is 5.57 Å². The lowest BCUT2D eigenvalue weighted by molar-refractivity contribution is 0.400. The third-order valence-corrected chi connectivity index (χ3v) is 6.39. The van der Waals surface area contributed by atoms with Crippen molar-refractivity contribution in [2.24, 2.45) is 16.6 Å². The fraction of sp³-hybridized carbons (Fsp3) is 0.609. The number of fused-ring (bicyclic) bond motifs is 2. The zero-order valence-corrected chi connectivity index (χ0v) is 16.7. The summed E-state index contributed by atoms with van der Waals surface area (Å²) in [6.07, 6.45) is 12.6. The van der Waals surface area contributed by atoms with Crippen LogP contribution in [-0.4, -0.2) is 25.8 Å². The molecule has 1 spiro atoms. The first kappa shape index (κ1) is 19.2. The quantitative estimate of drug-likeness (QED) is 0.644. The molecule has 0 heterocycles. The van der Waals surface area contributed by atoms with Crippen molar-refractivity contribution >= 4 is 11.8 Å². The Kier molecular flexibility index (Phi) is 6.18. The second kappa shape index (κ2) is 8.39. The number of allylic oxidation sites excluding steroid dienone is 1. The van der Waals surface area contributed by atoms with Crippen molar-refractivity contribution in [2.45, 2.75) is 70.3 Å². The van der Waals surface area contributed by atoms with Crippen LogP contribution in [0.3, 0.4) is 0 Å². The summed E-state index contributed by atoms with van der Waals surface area (Å²) in [5, 5.41) is 3.92. The molecule has 2 aliphatic rings. The molecule has 3 rings (SSSR count). The molecular formula is C23H35N3. The van der Waals surface area contributed by atoms with Crippen LogP contribution in [0.1, 0.15) is 69.1 Å². The Bertz CT molecular complexity index is 670. The predicted octanol–water partition coefficient (Wildman–Crippen LogP) is 4.45. The highest BCUT2D eigenvalue weighted by molar-refractivity contribution is 6.09. The van der Waals surface area contributed by atoms with Gasteiger partial charge in [0.2, 0.25) is 0 Å².